The van der Waals surface area contributed by atoms with Crippen LogP contribution < -0.4 is 23.7 Å². The van der Waals surface area contributed by atoms with E-state index in [1.54, 1.807) is 24.3 Å². The summed E-state index contributed by atoms with van der Waals surface area (Å²) in [4.78, 5) is 21.0. The second kappa shape index (κ2) is 52.5. The molecule has 15 nitrogen and oxygen atoms in total. The Hall–Kier alpha value is -11.9. The molecule has 0 aromatic heterocycles. The number of alkyl halides is 2. The molecule has 3 atom stereocenters. The van der Waals surface area contributed by atoms with Crippen molar-refractivity contribution in [2.75, 3.05) is 26.4 Å². The van der Waals surface area contributed by atoms with Gasteiger partial charge in [-0.3, -0.25) is 4.79 Å². The van der Waals surface area contributed by atoms with Crippen molar-refractivity contribution in [3.8, 4) is 28.7 Å². The third-order valence-electron chi connectivity index (χ3n) is 20.4. The lowest BCUT2D eigenvalue weighted by Crippen LogP contribution is -2.32. The quantitative estimate of drug-likeness (QED) is 0.00707. The molecular weight excluding hydrogens is 1820 g/mol. The first-order chi connectivity index (χ1) is 63.8. The van der Waals surface area contributed by atoms with E-state index < -0.39 is 81.9 Å². The predicted octanol–water partition coefficient (Wildman–Crippen LogP) is 25.7. The van der Waals surface area contributed by atoms with Crippen molar-refractivity contribution >= 4 is 69.0 Å². The Morgan fingerprint density at radius 3 is 0.805 bits per heavy atom. The Kier molecular flexibility index (Phi) is 41.4. The van der Waals surface area contributed by atoms with E-state index in [0.717, 1.165) is 36.1 Å². The van der Waals surface area contributed by atoms with Gasteiger partial charge in [-0.2, -0.15) is 17.6 Å². The van der Waals surface area contributed by atoms with E-state index in [-0.39, 0.29) is 63.0 Å². The zero-order chi connectivity index (χ0) is 95.9. The van der Waals surface area contributed by atoms with Gasteiger partial charge in [0.25, 0.3) is 0 Å². The number of rotatable bonds is 33. The summed E-state index contributed by atoms with van der Waals surface area (Å²) in [5.41, 5.74) is 4.76. The molecule has 14 aromatic rings. The number of esters is 1. The smallest absolute Gasteiger partial charge is 0.344 e. The van der Waals surface area contributed by atoms with Crippen LogP contribution in [0.3, 0.4) is 0 Å². The minimum absolute atomic E-state index is 0.00569. The van der Waals surface area contributed by atoms with Gasteiger partial charge in [0.15, 0.2) is 71.6 Å². The van der Waals surface area contributed by atoms with Crippen LogP contribution in [0.15, 0.2) is 418 Å². The van der Waals surface area contributed by atoms with E-state index in [9.17, 15) is 70.0 Å². The minimum Gasteiger partial charge on any atom is -0.744 e. The van der Waals surface area contributed by atoms with E-state index in [2.05, 4.69) is 318 Å². The van der Waals surface area contributed by atoms with Gasteiger partial charge in [-0.1, -0.05) is 241 Å². The minimum atomic E-state index is -5.90. The summed E-state index contributed by atoms with van der Waals surface area (Å²) in [6, 6.07) is 122. The van der Waals surface area contributed by atoms with E-state index in [1.165, 1.54) is 91.6 Å². The molecule has 0 aliphatic rings. The second-order valence-electron chi connectivity index (χ2n) is 30.0. The largest absolute Gasteiger partial charge is 0.744 e. The molecule has 0 N–H and O–H groups in total. The molecule has 133 heavy (non-hydrogen) atoms. The highest BCUT2D eigenvalue weighted by Crippen LogP contribution is 2.37. The van der Waals surface area contributed by atoms with Gasteiger partial charge < -0.3 is 37.3 Å². The summed E-state index contributed by atoms with van der Waals surface area (Å²) in [5, 5.41) is -4.68. The molecule has 0 fully saturated rings. The third kappa shape index (κ3) is 32.8. The maximum Gasteiger partial charge on any atom is 0.344 e. The van der Waals surface area contributed by atoms with Crippen LogP contribution in [0.4, 0.5) is 26.3 Å². The lowest BCUT2D eigenvalue weighted by atomic mass is 9.99. The van der Waals surface area contributed by atoms with Crippen LogP contribution >= 0.6 is 0 Å². The lowest BCUT2D eigenvalue weighted by molar-refractivity contribution is -0.138. The number of aryl methyl sites for hydroxylation is 1. The summed E-state index contributed by atoms with van der Waals surface area (Å²) in [7, 11) is -16.1. The van der Waals surface area contributed by atoms with Crippen LogP contribution in [0.5, 0.6) is 28.7 Å². The number of carbonyl (C=O) groups excluding carboxylic acids is 1. The highest BCUT2D eigenvalue weighted by molar-refractivity contribution is 7.97. The number of halogens is 6. The fourth-order valence-corrected chi connectivity index (χ4v) is 20.3. The van der Waals surface area contributed by atoms with Crippen LogP contribution in [0.2, 0.25) is 0 Å². The van der Waals surface area contributed by atoms with E-state index >= 15 is 0 Å². The van der Waals surface area contributed by atoms with Gasteiger partial charge in [-0.15, -0.1) is 0 Å². The van der Waals surface area contributed by atoms with Gasteiger partial charge in [-0.25, -0.2) is 34.0 Å². The molecule has 0 bridgehead atoms. The van der Waals surface area contributed by atoms with Crippen molar-refractivity contribution in [1.82, 2.24) is 0 Å². The Morgan fingerprint density at radius 1 is 0.323 bits per heavy atom. The first-order valence-corrected chi connectivity index (χ1v) is 50.6. The average Bonchev–Trinajstić information content (AvgIpc) is 0.767. The zero-order valence-corrected chi connectivity index (χ0v) is 79.2. The molecule has 0 aliphatic heterocycles. The van der Waals surface area contributed by atoms with Gasteiger partial charge in [-0.05, 0) is 230 Å². The lowest BCUT2D eigenvalue weighted by Gasteiger charge is -2.18. The highest BCUT2D eigenvalue weighted by Gasteiger charge is 2.41. The SMILES string of the molecule is CCC(C)c1ccc(OC(=O)CC(F)(F)S(=O)(=O)[O-])cc1.CCC(C)c1ccc(OCCCOc2c(F)c(F)c(S(=O)(=O)[O-])c(F)c2F)cc1.CCC(C)c1ccc(OCCCOc2ccc(S(=O)(=O)[O-])cc2)cc1.Cc1ccc([S+](c2ccccc2)c2ccccc2)cc1.c1ccc([S+](c2ccccc2)c2ccccc2)cc1.c1ccc([S+](c2ccccc2)c2ccccc2)cc1. The predicted molar refractivity (Wildman–Crippen MR) is 509 cm³/mol. The molecule has 0 saturated carbocycles. The Morgan fingerprint density at radius 2 is 0.564 bits per heavy atom. The summed E-state index contributed by atoms with van der Waals surface area (Å²) < 4.78 is 202. The van der Waals surface area contributed by atoms with E-state index in [4.69, 9.17) is 18.9 Å². The standard InChI is InChI=1S/C19H20F4O5S.C19H24O5S.C19H17S.2C18H15S.C13H16F2O5S/c1-3-11(2)12-5-7-13(8-6-12)27-9-4-10-28-18-14(20)16(22)19(29(24,25)26)17(23)15(18)21;1-3-15(2)16-5-7-17(8-6-16)23-13-4-14-24-18-9-11-19(12-10-18)25(20,21)22;1-16-12-14-19(15-13-16)20(17-8-4-2-5-9-17)18-10-6-3-7-11-18;2*1-4-10-16(11-5-1)19(17-12-6-2-7-13-17)18-14-8-3-9-15-18;1-3-9(2)10-4-6-11(7-5-10)20-12(16)8-13(14,15)21(17,18)19/h5-8,11H,3-4,9-10H2,1-2H3,(H,24,25,26);5-12,15H,3-4,13-14H2,1-2H3,(H,20,21,22);2-15H,1H3;2*1-15H;4-7,9H,3,8H2,1-2H3,(H,17,18,19)/q;;3*+1;/p-3. The van der Waals surface area contributed by atoms with E-state index in [0.29, 0.717) is 48.9 Å². The Balaban J connectivity index is 0.000000180. The van der Waals surface area contributed by atoms with E-state index in [1.807, 2.05) is 38.1 Å². The fourth-order valence-electron chi connectivity index (χ4n) is 12.6. The summed E-state index contributed by atoms with van der Waals surface area (Å²) in [6.45, 7) is 15.4. The van der Waals surface area contributed by atoms with Gasteiger partial charge in [0.2, 0.25) is 11.6 Å². The molecule has 0 radical (unpaired) electrons. The molecule has 0 aliphatic carbocycles. The fraction of sp³-hybridized carbons (Fsp3) is 0.198. The Bertz CT molecular complexity index is 5820. The molecule has 0 saturated heterocycles. The molecular formula is C106H104F6O15S6. The number of carbonyl (C=O) groups is 1. The summed E-state index contributed by atoms with van der Waals surface area (Å²) in [6.07, 6.45) is 2.00. The molecule has 3 unspecified atom stereocenters. The molecule has 14 aromatic carbocycles. The van der Waals surface area contributed by atoms with Gasteiger partial charge >= 0.3 is 11.2 Å². The maximum absolute atomic E-state index is 13.8. The molecule has 14 rings (SSSR count). The first kappa shape index (κ1) is 105. The Labute approximate surface area is 785 Å². The van der Waals surface area contributed by atoms with Crippen LogP contribution in [0.1, 0.15) is 120 Å². The molecule has 0 heterocycles. The third-order valence-corrected chi connectivity index (χ3v) is 29.7. The second-order valence-corrected chi connectivity index (χ2v) is 40.3. The molecule has 27 heteroatoms. The number of hydrogen-bond donors (Lipinski definition) is 0. The monoisotopic (exact) mass is 1920 g/mol. The summed E-state index contributed by atoms with van der Waals surface area (Å²) in [5.74, 6) is -8.61. The van der Waals surface area contributed by atoms with Crippen LogP contribution in [0.25, 0.3) is 0 Å². The zero-order valence-electron chi connectivity index (χ0n) is 74.3. The first-order valence-electron chi connectivity index (χ1n) is 42.7. The van der Waals surface area contributed by atoms with Crippen molar-refractivity contribution in [3.05, 3.63) is 410 Å². The van der Waals surface area contributed by atoms with Crippen molar-refractivity contribution in [2.45, 2.75) is 164 Å². The highest BCUT2D eigenvalue weighted by atomic mass is 32.2. The van der Waals surface area contributed by atoms with Gasteiger partial charge in [0, 0.05) is 12.8 Å². The molecule has 0 spiro atoms. The molecule has 696 valence electrons. The number of hydrogen-bond acceptors (Lipinski definition) is 15. The van der Waals surface area contributed by atoms with Gasteiger partial charge in [0.1, 0.15) is 54.6 Å². The van der Waals surface area contributed by atoms with Crippen molar-refractivity contribution in [3.63, 3.8) is 0 Å². The van der Waals surface area contributed by atoms with Crippen LogP contribution in [0, 0.1) is 30.2 Å². The van der Waals surface area contributed by atoms with Crippen molar-refractivity contribution < 1.29 is 93.7 Å². The van der Waals surface area contributed by atoms with Crippen LogP contribution in [-0.2, 0) is 67.8 Å². The topological polar surface area (TPSA) is 235 Å². The maximum atomic E-state index is 13.8. The van der Waals surface area contributed by atoms with Crippen molar-refractivity contribution in [1.29, 1.82) is 0 Å². The van der Waals surface area contributed by atoms with Crippen molar-refractivity contribution in [2.24, 2.45) is 0 Å². The normalized spacial score (nSPS) is 11.9. The number of benzene rings is 14. The van der Waals surface area contributed by atoms with Crippen LogP contribution in [-0.4, -0.2) is 76.6 Å². The summed E-state index contributed by atoms with van der Waals surface area (Å²) >= 11 is 0. The number of ether oxygens (including phenoxy) is 5. The average molecular weight is 1920 g/mol. The van der Waals surface area contributed by atoms with Gasteiger partial charge in [0.05, 0.1) is 64.0 Å². The molecule has 0 amide bonds.